The summed E-state index contributed by atoms with van der Waals surface area (Å²) in [4.78, 5) is 11.3. The summed E-state index contributed by atoms with van der Waals surface area (Å²) < 4.78 is 37.5. The Balaban J connectivity index is 2.72. The highest BCUT2D eigenvalue weighted by Crippen LogP contribution is 2.30. The van der Waals surface area contributed by atoms with E-state index in [2.05, 4.69) is 5.32 Å². The minimum atomic E-state index is -4.44. The molecule has 0 unspecified atom stereocenters. The number of carbonyl (C=O) groups is 1. The summed E-state index contributed by atoms with van der Waals surface area (Å²) in [6.45, 7) is -0.112. The first-order chi connectivity index (χ1) is 8.84. The van der Waals surface area contributed by atoms with Crippen molar-refractivity contribution < 1.29 is 23.1 Å². The summed E-state index contributed by atoms with van der Waals surface area (Å²) in [5.74, 6) is -0.418. The van der Waals surface area contributed by atoms with E-state index >= 15 is 0 Å². The van der Waals surface area contributed by atoms with Gasteiger partial charge in [0.15, 0.2) is 0 Å². The molecule has 1 atom stereocenters. The van der Waals surface area contributed by atoms with E-state index in [1.807, 2.05) is 0 Å². The number of halogens is 3. The van der Waals surface area contributed by atoms with Gasteiger partial charge in [-0.2, -0.15) is 13.2 Å². The minimum Gasteiger partial charge on any atom is -0.395 e. The lowest BCUT2D eigenvalue weighted by atomic mass is 10.0. The third-order valence-electron chi connectivity index (χ3n) is 2.48. The Kier molecular flexibility index (Phi) is 5.31. The van der Waals surface area contributed by atoms with Crippen LogP contribution in [-0.4, -0.2) is 24.2 Å². The Morgan fingerprint density at radius 2 is 2.11 bits per heavy atom. The Morgan fingerprint density at radius 3 is 2.68 bits per heavy atom. The molecule has 0 aromatic heterocycles. The van der Waals surface area contributed by atoms with Crippen LogP contribution in [0.4, 0.5) is 13.2 Å². The van der Waals surface area contributed by atoms with Gasteiger partial charge in [-0.1, -0.05) is 12.1 Å². The highest BCUT2D eigenvalue weighted by Gasteiger charge is 2.30. The summed E-state index contributed by atoms with van der Waals surface area (Å²) in [6.07, 6.45) is -4.57. The first-order valence-corrected chi connectivity index (χ1v) is 5.65. The predicted octanol–water partition coefficient (Wildman–Crippen LogP) is 1.20. The molecule has 0 aliphatic heterocycles. The number of benzene rings is 1. The van der Waals surface area contributed by atoms with Crippen molar-refractivity contribution in [1.82, 2.24) is 5.32 Å². The summed E-state index contributed by atoms with van der Waals surface area (Å²) in [6, 6.07) is 3.76. The van der Waals surface area contributed by atoms with Crippen molar-refractivity contribution in [3.8, 4) is 0 Å². The number of hydrogen-bond donors (Lipinski definition) is 3. The molecule has 1 aromatic rings. The van der Waals surface area contributed by atoms with Crippen LogP contribution < -0.4 is 11.1 Å². The molecule has 0 spiro atoms. The quantitative estimate of drug-likeness (QED) is 0.756. The molecule has 19 heavy (non-hydrogen) atoms. The van der Waals surface area contributed by atoms with E-state index in [0.717, 1.165) is 12.1 Å². The zero-order valence-electron chi connectivity index (χ0n) is 10.1. The van der Waals surface area contributed by atoms with Crippen molar-refractivity contribution in [2.24, 2.45) is 5.73 Å². The van der Waals surface area contributed by atoms with Crippen LogP contribution in [0.5, 0.6) is 0 Å². The van der Waals surface area contributed by atoms with Gasteiger partial charge >= 0.3 is 6.18 Å². The average molecular weight is 276 g/mol. The second kappa shape index (κ2) is 6.53. The molecule has 0 heterocycles. The van der Waals surface area contributed by atoms with Crippen LogP contribution >= 0.6 is 0 Å². The van der Waals surface area contributed by atoms with Gasteiger partial charge in [-0.3, -0.25) is 4.79 Å². The van der Waals surface area contributed by atoms with Crippen molar-refractivity contribution in [2.75, 3.05) is 13.2 Å². The van der Waals surface area contributed by atoms with E-state index in [4.69, 9.17) is 10.8 Å². The number of amides is 1. The summed E-state index contributed by atoms with van der Waals surface area (Å²) in [5, 5.41) is 10.9. The van der Waals surface area contributed by atoms with Gasteiger partial charge in [0.05, 0.1) is 12.2 Å². The van der Waals surface area contributed by atoms with Gasteiger partial charge in [0.2, 0.25) is 5.91 Å². The highest BCUT2D eigenvalue weighted by molar-refractivity contribution is 5.76. The van der Waals surface area contributed by atoms with E-state index in [1.165, 1.54) is 12.1 Å². The monoisotopic (exact) mass is 276 g/mol. The predicted molar refractivity (Wildman–Crippen MR) is 63.1 cm³/mol. The SMILES string of the molecule is N[C@@H](CC(=O)NCCO)c1cccc(C(F)(F)F)c1. The Labute approximate surface area is 108 Å². The topological polar surface area (TPSA) is 75.4 Å². The minimum absolute atomic E-state index is 0.0914. The van der Waals surface area contributed by atoms with Crippen LogP contribution in [-0.2, 0) is 11.0 Å². The van der Waals surface area contributed by atoms with Gasteiger partial charge < -0.3 is 16.2 Å². The van der Waals surface area contributed by atoms with Gasteiger partial charge in [0, 0.05) is 19.0 Å². The normalized spacial score (nSPS) is 13.1. The fourth-order valence-electron chi connectivity index (χ4n) is 1.53. The molecule has 1 amide bonds. The summed E-state index contributed by atoms with van der Waals surface area (Å²) in [5.41, 5.74) is 5.14. The lowest BCUT2D eigenvalue weighted by Crippen LogP contribution is -2.29. The summed E-state index contributed by atoms with van der Waals surface area (Å²) in [7, 11) is 0. The van der Waals surface area contributed by atoms with Crippen molar-refractivity contribution in [3.63, 3.8) is 0 Å². The molecule has 1 aromatic carbocycles. The van der Waals surface area contributed by atoms with Crippen LogP contribution in [0, 0.1) is 0 Å². The Morgan fingerprint density at radius 1 is 1.42 bits per heavy atom. The fraction of sp³-hybridized carbons (Fsp3) is 0.417. The molecule has 0 aliphatic carbocycles. The first-order valence-electron chi connectivity index (χ1n) is 5.65. The number of aliphatic hydroxyl groups is 1. The van der Waals surface area contributed by atoms with E-state index in [1.54, 1.807) is 0 Å². The second-order valence-electron chi connectivity index (χ2n) is 4.01. The molecular weight excluding hydrogens is 261 g/mol. The lowest BCUT2D eigenvalue weighted by molar-refractivity contribution is -0.137. The Hall–Kier alpha value is -1.60. The van der Waals surface area contributed by atoms with E-state index < -0.39 is 23.7 Å². The largest absolute Gasteiger partial charge is 0.416 e. The van der Waals surface area contributed by atoms with Crippen LogP contribution in [0.3, 0.4) is 0 Å². The Bertz CT molecular complexity index is 435. The molecule has 0 saturated heterocycles. The molecule has 0 saturated carbocycles. The first kappa shape index (κ1) is 15.5. The zero-order chi connectivity index (χ0) is 14.5. The van der Waals surface area contributed by atoms with Gasteiger partial charge in [-0.25, -0.2) is 0 Å². The van der Waals surface area contributed by atoms with E-state index in [9.17, 15) is 18.0 Å². The summed E-state index contributed by atoms with van der Waals surface area (Å²) >= 11 is 0. The maximum Gasteiger partial charge on any atom is 0.416 e. The molecule has 1 rings (SSSR count). The highest BCUT2D eigenvalue weighted by atomic mass is 19.4. The van der Waals surface area contributed by atoms with Crippen LogP contribution in [0.1, 0.15) is 23.6 Å². The average Bonchev–Trinajstić information content (AvgIpc) is 2.35. The maximum absolute atomic E-state index is 12.5. The number of hydrogen-bond acceptors (Lipinski definition) is 3. The lowest BCUT2D eigenvalue weighted by Gasteiger charge is -2.14. The van der Waals surface area contributed by atoms with Gasteiger partial charge in [0.25, 0.3) is 0 Å². The fourth-order valence-corrected chi connectivity index (χ4v) is 1.53. The van der Waals surface area contributed by atoms with Crippen LogP contribution in [0.25, 0.3) is 0 Å². The molecule has 0 aliphatic rings. The van der Waals surface area contributed by atoms with Crippen LogP contribution in [0.15, 0.2) is 24.3 Å². The van der Waals surface area contributed by atoms with E-state index in [-0.39, 0.29) is 25.1 Å². The van der Waals surface area contributed by atoms with Crippen LogP contribution in [0.2, 0.25) is 0 Å². The second-order valence-corrected chi connectivity index (χ2v) is 4.01. The third-order valence-corrected chi connectivity index (χ3v) is 2.48. The standard InChI is InChI=1S/C12H15F3N2O2/c13-12(14,15)9-3-1-2-8(6-9)10(16)7-11(19)17-4-5-18/h1-3,6,10,18H,4-5,7,16H2,(H,17,19)/t10-/m0/s1. The molecular formula is C12H15F3N2O2. The molecule has 106 valence electrons. The zero-order valence-corrected chi connectivity index (χ0v) is 10.1. The number of carbonyl (C=O) groups excluding carboxylic acids is 1. The molecule has 4 N–H and O–H groups in total. The van der Waals surface area contributed by atoms with Crippen molar-refractivity contribution >= 4 is 5.91 Å². The molecule has 4 nitrogen and oxygen atoms in total. The van der Waals surface area contributed by atoms with E-state index in [0.29, 0.717) is 0 Å². The van der Waals surface area contributed by atoms with Gasteiger partial charge in [-0.15, -0.1) is 0 Å². The van der Waals surface area contributed by atoms with Crippen molar-refractivity contribution in [2.45, 2.75) is 18.6 Å². The molecule has 7 heteroatoms. The molecule has 0 fully saturated rings. The number of alkyl halides is 3. The maximum atomic E-state index is 12.5. The third kappa shape index (κ3) is 4.88. The smallest absolute Gasteiger partial charge is 0.395 e. The molecule has 0 bridgehead atoms. The van der Waals surface area contributed by atoms with Crippen molar-refractivity contribution in [1.29, 1.82) is 0 Å². The number of rotatable bonds is 5. The van der Waals surface area contributed by atoms with Gasteiger partial charge in [0.1, 0.15) is 0 Å². The number of nitrogens with one attached hydrogen (secondary N) is 1. The number of nitrogens with two attached hydrogens (primary N) is 1. The van der Waals surface area contributed by atoms with Crippen molar-refractivity contribution in [3.05, 3.63) is 35.4 Å². The number of aliphatic hydroxyl groups excluding tert-OH is 1. The molecule has 0 radical (unpaired) electrons. The van der Waals surface area contributed by atoms with Gasteiger partial charge in [-0.05, 0) is 17.7 Å².